The van der Waals surface area contributed by atoms with Gasteiger partial charge in [0.2, 0.25) is 0 Å². The molecule has 0 bridgehead atoms. The van der Waals surface area contributed by atoms with E-state index in [9.17, 15) is 0 Å². The SMILES string of the molecule is CCN(CC)CCCC(C)NCCCC1CCCO1. The van der Waals surface area contributed by atoms with Crippen molar-refractivity contribution >= 4 is 0 Å². The Morgan fingerprint density at radius 3 is 2.68 bits per heavy atom. The van der Waals surface area contributed by atoms with E-state index in [1.54, 1.807) is 0 Å². The summed E-state index contributed by atoms with van der Waals surface area (Å²) in [6.45, 7) is 12.5. The van der Waals surface area contributed by atoms with Crippen LogP contribution in [0.3, 0.4) is 0 Å². The van der Waals surface area contributed by atoms with Crippen LogP contribution in [0.25, 0.3) is 0 Å². The number of ether oxygens (including phenoxy) is 1. The van der Waals surface area contributed by atoms with Crippen LogP contribution in [-0.2, 0) is 4.74 Å². The smallest absolute Gasteiger partial charge is 0.0576 e. The third-order valence-electron chi connectivity index (χ3n) is 4.23. The first kappa shape index (κ1) is 16.9. The molecule has 1 saturated heterocycles. The van der Waals surface area contributed by atoms with Crippen LogP contribution in [0.2, 0.25) is 0 Å². The molecule has 1 aliphatic rings. The van der Waals surface area contributed by atoms with Crippen molar-refractivity contribution in [3.05, 3.63) is 0 Å². The zero-order valence-electron chi connectivity index (χ0n) is 13.3. The summed E-state index contributed by atoms with van der Waals surface area (Å²) in [6.07, 6.45) is 8.18. The molecule has 0 spiro atoms. The van der Waals surface area contributed by atoms with Gasteiger partial charge in [-0.25, -0.2) is 0 Å². The van der Waals surface area contributed by atoms with Crippen LogP contribution in [0.1, 0.15) is 59.3 Å². The van der Waals surface area contributed by atoms with E-state index in [4.69, 9.17) is 4.74 Å². The molecule has 2 atom stereocenters. The number of nitrogens with zero attached hydrogens (tertiary/aromatic N) is 1. The Morgan fingerprint density at radius 1 is 1.26 bits per heavy atom. The lowest BCUT2D eigenvalue weighted by molar-refractivity contribution is 0.102. The van der Waals surface area contributed by atoms with Crippen molar-refractivity contribution in [2.24, 2.45) is 0 Å². The minimum Gasteiger partial charge on any atom is -0.378 e. The standard InChI is InChI=1S/C16H34N2O/c1-4-18(5-2)13-7-9-15(3)17-12-6-10-16-11-8-14-19-16/h15-17H,4-14H2,1-3H3. The summed E-state index contributed by atoms with van der Waals surface area (Å²) < 4.78 is 5.64. The van der Waals surface area contributed by atoms with Crippen molar-refractivity contribution < 1.29 is 4.74 Å². The monoisotopic (exact) mass is 270 g/mol. The Balaban J connectivity index is 1.90. The van der Waals surface area contributed by atoms with Gasteiger partial charge in [0.15, 0.2) is 0 Å². The predicted molar refractivity (Wildman–Crippen MR) is 82.7 cm³/mol. The average molecular weight is 270 g/mol. The highest BCUT2D eigenvalue weighted by Crippen LogP contribution is 2.16. The summed E-state index contributed by atoms with van der Waals surface area (Å²) >= 11 is 0. The van der Waals surface area contributed by atoms with Crippen molar-refractivity contribution in [2.75, 3.05) is 32.8 Å². The molecule has 1 aliphatic heterocycles. The molecule has 1 rings (SSSR count). The first-order valence-electron chi connectivity index (χ1n) is 8.33. The Hall–Kier alpha value is -0.120. The average Bonchev–Trinajstić information content (AvgIpc) is 2.93. The molecule has 2 unspecified atom stereocenters. The largest absolute Gasteiger partial charge is 0.378 e. The van der Waals surface area contributed by atoms with Gasteiger partial charge >= 0.3 is 0 Å². The zero-order chi connectivity index (χ0) is 13.9. The van der Waals surface area contributed by atoms with E-state index >= 15 is 0 Å². The normalized spacial score (nSPS) is 21.2. The molecular formula is C16H34N2O. The van der Waals surface area contributed by atoms with E-state index < -0.39 is 0 Å². The van der Waals surface area contributed by atoms with E-state index in [1.807, 2.05) is 0 Å². The third-order valence-corrected chi connectivity index (χ3v) is 4.23. The maximum absolute atomic E-state index is 5.64. The van der Waals surface area contributed by atoms with Gasteiger partial charge in [-0.1, -0.05) is 13.8 Å². The van der Waals surface area contributed by atoms with E-state index in [0.717, 1.165) is 13.2 Å². The minimum absolute atomic E-state index is 0.555. The summed E-state index contributed by atoms with van der Waals surface area (Å²) in [5.41, 5.74) is 0. The molecule has 0 amide bonds. The molecule has 1 heterocycles. The van der Waals surface area contributed by atoms with Crippen molar-refractivity contribution in [3.8, 4) is 0 Å². The Kier molecular flexibility index (Phi) is 9.48. The first-order valence-corrected chi connectivity index (χ1v) is 8.33. The van der Waals surface area contributed by atoms with Gasteiger partial charge in [0.25, 0.3) is 0 Å². The molecule has 1 fully saturated rings. The minimum atomic E-state index is 0.555. The molecule has 0 radical (unpaired) electrons. The summed E-state index contributed by atoms with van der Waals surface area (Å²) in [6, 6.07) is 0.653. The lowest BCUT2D eigenvalue weighted by Crippen LogP contribution is -2.30. The van der Waals surface area contributed by atoms with Gasteiger partial charge < -0.3 is 15.0 Å². The maximum Gasteiger partial charge on any atom is 0.0576 e. The van der Waals surface area contributed by atoms with Crippen LogP contribution in [0.15, 0.2) is 0 Å². The topological polar surface area (TPSA) is 24.5 Å². The number of hydrogen-bond donors (Lipinski definition) is 1. The Bertz CT molecular complexity index is 201. The van der Waals surface area contributed by atoms with Gasteiger partial charge in [-0.05, 0) is 71.6 Å². The molecule has 0 aromatic heterocycles. The Morgan fingerprint density at radius 2 is 2.05 bits per heavy atom. The molecule has 114 valence electrons. The molecule has 1 N–H and O–H groups in total. The van der Waals surface area contributed by atoms with Crippen molar-refractivity contribution in [1.29, 1.82) is 0 Å². The summed E-state index contributed by atoms with van der Waals surface area (Å²) in [7, 11) is 0. The van der Waals surface area contributed by atoms with Crippen LogP contribution >= 0.6 is 0 Å². The van der Waals surface area contributed by atoms with Gasteiger partial charge in [0.05, 0.1) is 6.10 Å². The second-order valence-corrected chi connectivity index (χ2v) is 5.80. The van der Waals surface area contributed by atoms with E-state index in [1.165, 1.54) is 58.2 Å². The third kappa shape index (κ3) is 7.91. The summed E-state index contributed by atoms with van der Waals surface area (Å²) in [4.78, 5) is 2.50. The lowest BCUT2D eigenvalue weighted by Gasteiger charge is -2.20. The summed E-state index contributed by atoms with van der Waals surface area (Å²) in [5.74, 6) is 0. The second-order valence-electron chi connectivity index (χ2n) is 5.80. The fraction of sp³-hybridized carbons (Fsp3) is 1.00. The van der Waals surface area contributed by atoms with E-state index in [0.29, 0.717) is 12.1 Å². The molecule has 0 saturated carbocycles. The second kappa shape index (κ2) is 10.6. The van der Waals surface area contributed by atoms with Gasteiger partial charge in [-0.15, -0.1) is 0 Å². The highest BCUT2D eigenvalue weighted by atomic mass is 16.5. The van der Waals surface area contributed by atoms with Gasteiger partial charge in [-0.3, -0.25) is 0 Å². The van der Waals surface area contributed by atoms with E-state index in [-0.39, 0.29) is 0 Å². The number of rotatable bonds is 11. The quantitative estimate of drug-likeness (QED) is 0.584. The first-order chi connectivity index (χ1) is 9.26. The summed E-state index contributed by atoms with van der Waals surface area (Å²) in [5, 5.41) is 3.64. The molecule has 0 aromatic rings. The molecule has 19 heavy (non-hydrogen) atoms. The number of nitrogens with one attached hydrogen (secondary N) is 1. The van der Waals surface area contributed by atoms with Crippen molar-refractivity contribution in [2.45, 2.75) is 71.4 Å². The highest BCUT2D eigenvalue weighted by molar-refractivity contribution is 4.67. The predicted octanol–water partition coefficient (Wildman–Crippen LogP) is 3.05. The molecule has 0 aromatic carbocycles. The Labute approximate surface area is 120 Å². The van der Waals surface area contributed by atoms with Gasteiger partial charge in [0, 0.05) is 12.6 Å². The zero-order valence-corrected chi connectivity index (χ0v) is 13.3. The number of hydrogen-bond acceptors (Lipinski definition) is 3. The fourth-order valence-corrected chi connectivity index (χ4v) is 2.81. The van der Waals surface area contributed by atoms with Gasteiger partial charge in [0.1, 0.15) is 0 Å². The fourth-order valence-electron chi connectivity index (χ4n) is 2.81. The van der Waals surface area contributed by atoms with Crippen molar-refractivity contribution in [3.63, 3.8) is 0 Å². The molecular weight excluding hydrogens is 236 g/mol. The van der Waals surface area contributed by atoms with E-state index in [2.05, 4.69) is 31.0 Å². The van der Waals surface area contributed by atoms with Crippen LogP contribution in [0.5, 0.6) is 0 Å². The lowest BCUT2D eigenvalue weighted by atomic mass is 10.1. The van der Waals surface area contributed by atoms with Crippen LogP contribution in [-0.4, -0.2) is 49.8 Å². The highest BCUT2D eigenvalue weighted by Gasteiger charge is 2.14. The van der Waals surface area contributed by atoms with Crippen LogP contribution in [0, 0.1) is 0 Å². The molecule has 3 nitrogen and oxygen atoms in total. The van der Waals surface area contributed by atoms with Crippen LogP contribution in [0.4, 0.5) is 0 Å². The van der Waals surface area contributed by atoms with Crippen LogP contribution < -0.4 is 5.32 Å². The maximum atomic E-state index is 5.64. The van der Waals surface area contributed by atoms with Gasteiger partial charge in [-0.2, -0.15) is 0 Å². The van der Waals surface area contributed by atoms with Crippen molar-refractivity contribution in [1.82, 2.24) is 10.2 Å². The molecule has 3 heteroatoms. The molecule has 0 aliphatic carbocycles.